The summed E-state index contributed by atoms with van der Waals surface area (Å²) in [4.78, 5) is 20.7. The second kappa shape index (κ2) is 9.21. The monoisotopic (exact) mass is 343 g/mol. The summed E-state index contributed by atoms with van der Waals surface area (Å²) in [6.07, 6.45) is 7.66. The largest absolute Gasteiger partial charge is 0.336 e. The summed E-state index contributed by atoms with van der Waals surface area (Å²) in [7, 11) is 0. The van der Waals surface area contributed by atoms with E-state index < -0.39 is 0 Å². The number of nitrogens with zero attached hydrogens (tertiary/aromatic N) is 3. The van der Waals surface area contributed by atoms with Crippen molar-refractivity contribution in [3.8, 4) is 0 Å². The summed E-state index contributed by atoms with van der Waals surface area (Å²) in [5.41, 5.74) is 1.89. The first-order chi connectivity index (χ1) is 11.3. The average molecular weight is 344 g/mol. The highest BCUT2D eigenvalue weighted by molar-refractivity contribution is 5.93. The molecule has 0 aliphatic carbocycles. The molecule has 3 rings (SSSR count). The van der Waals surface area contributed by atoms with Crippen molar-refractivity contribution in [3.63, 3.8) is 0 Å². The second-order valence-electron chi connectivity index (χ2n) is 5.65. The van der Waals surface area contributed by atoms with Crippen LogP contribution >= 0.6 is 12.4 Å². The number of halogens is 1. The van der Waals surface area contributed by atoms with E-state index in [4.69, 9.17) is 0 Å². The normalized spacial score (nSPS) is 15.2. The highest BCUT2D eigenvalue weighted by atomic mass is 35.5. The molecule has 1 fully saturated rings. The zero-order chi connectivity index (χ0) is 15.9. The van der Waals surface area contributed by atoms with Gasteiger partial charge in [0.25, 0.3) is 5.91 Å². The number of piperazine rings is 1. The number of carbonyl (C=O) groups excluding carboxylic acids is 1. The van der Waals surface area contributed by atoms with Crippen LogP contribution in [-0.2, 0) is 0 Å². The molecule has 4 nitrogen and oxygen atoms in total. The molecule has 0 spiro atoms. The predicted octanol–water partition coefficient (Wildman–Crippen LogP) is 2.97. The molecule has 0 N–H and O–H groups in total. The summed E-state index contributed by atoms with van der Waals surface area (Å²) in [6.45, 7) is 4.28. The van der Waals surface area contributed by atoms with E-state index in [-0.39, 0.29) is 18.3 Å². The van der Waals surface area contributed by atoms with Gasteiger partial charge in [0.2, 0.25) is 0 Å². The van der Waals surface area contributed by atoms with Crippen molar-refractivity contribution >= 4 is 24.4 Å². The van der Waals surface area contributed by atoms with Crippen LogP contribution in [0.5, 0.6) is 0 Å². The summed E-state index contributed by atoms with van der Waals surface area (Å²) >= 11 is 0. The van der Waals surface area contributed by atoms with E-state index in [1.54, 1.807) is 18.5 Å². The molecule has 2 aromatic rings. The number of hydrogen-bond acceptors (Lipinski definition) is 3. The van der Waals surface area contributed by atoms with Gasteiger partial charge in [-0.15, -0.1) is 12.4 Å². The van der Waals surface area contributed by atoms with Gasteiger partial charge in [0, 0.05) is 45.1 Å². The molecule has 0 unspecified atom stereocenters. The van der Waals surface area contributed by atoms with Crippen LogP contribution in [0.2, 0.25) is 0 Å². The maximum atomic E-state index is 12.4. The van der Waals surface area contributed by atoms with E-state index in [0.29, 0.717) is 5.56 Å². The fraction of sp³-hybridized carbons (Fsp3) is 0.263. The second-order valence-corrected chi connectivity index (χ2v) is 5.65. The lowest BCUT2D eigenvalue weighted by atomic mass is 10.2. The maximum absolute atomic E-state index is 12.4. The molecule has 1 aliphatic heterocycles. The Morgan fingerprint density at radius 1 is 1.04 bits per heavy atom. The fourth-order valence-corrected chi connectivity index (χ4v) is 2.71. The summed E-state index contributed by atoms with van der Waals surface area (Å²) in [6, 6.07) is 13.9. The van der Waals surface area contributed by atoms with Crippen molar-refractivity contribution in [2.24, 2.45) is 0 Å². The van der Waals surface area contributed by atoms with Gasteiger partial charge in [-0.05, 0) is 17.7 Å². The summed E-state index contributed by atoms with van der Waals surface area (Å²) in [5, 5.41) is 0. The number of rotatable bonds is 4. The van der Waals surface area contributed by atoms with Crippen molar-refractivity contribution in [2.45, 2.75) is 0 Å². The first kappa shape index (κ1) is 18.2. The number of pyridine rings is 1. The lowest BCUT2D eigenvalue weighted by Crippen LogP contribution is -2.48. The highest BCUT2D eigenvalue weighted by Crippen LogP contribution is 2.08. The Morgan fingerprint density at radius 2 is 1.79 bits per heavy atom. The first-order valence-corrected chi connectivity index (χ1v) is 7.96. The topological polar surface area (TPSA) is 36.4 Å². The molecule has 0 bridgehead atoms. The van der Waals surface area contributed by atoms with Crippen LogP contribution in [0.4, 0.5) is 0 Å². The zero-order valence-electron chi connectivity index (χ0n) is 13.5. The minimum atomic E-state index is 0. The third kappa shape index (κ3) is 4.91. The minimum Gasteiger partial charge on any atom is -0.336 e. The third-order valence-electron chi connectivity index (χ3n) is 4.04. The van der Waals surface area contributed by atoms with Gasteiger partial charge in [-0.1, -0.05) is 42.5 Å². The molecule has 126 valence electrons. The Morgan fingerprint density at radius 3 is 2.46 bits per heavy atom. The molecule has 0 radical (unpaired) electrons. The SMILES string of the molecule is Cl.O=C(c1cccnc1)N1CCN(C/C=C/c2ccccc2)CC1. The van der Waals surface area contributed by atoms with Crippen LogP contribution in [-0.4, -0.2) is 53.4 Å². The Kier molecular flexibility index (Phi) is 6.97. The molecule has 0 atom stereocenters. The number of hydrogen-bond donors (Lipinski definition) is 0. The van der Waals surface area contributed by atoms with E-state index in [2.05, 4.69) is 34.2 Å². The van der Waals surface area contributed by atoms with Crippen molar-refractivity contribution in [3.05, 3.63) is 72.1 Å². The average Bonchev–Trinajstić information content (AvgIpc) is 2.63. The number of amides is 1. The van der Waals surface area contributed by atoms with Gasteiger partial charge >= 0.3 is 0 Å². The molecule has 2 heterocycles. The number of benzene rings is 1. The Labute approximate surface area is 149 Å². The summed E-state index contributed by atoms with van der Waals surface area (Å²) < 4.78 is 0. The van der Waals surface area contributed by atoms with E-state index >= 15 is 0 Å². The van der Waals surface area contributed by atoms with Gasteiger partial charge in [0.1, 0.15) is 0 Å². The Hall–Kier alpha value is -2.17. The smallest absolute Gasteiger partial charge is 0.255 e. The Bertz CT molecular complexity index is 653. The van der Waals surface area contributed by atoms with Gasteiger partial charge in [0.15, 0.2) is 0 Å². The van der Waals surface area contributed by atoms with Crippen LogP contribution in [0.3, 0.4) is 0 Å². The van der Waals surface area contributed by atoms with Gasteiger partial charge in [-0.2, -0.15) is 0 Å². The van der Waals surface area contributed by atoms with Crippen LogP contribution in [0.1, 0.15) is 15.9 Å². The quantitative estimate of drug-likeness (QED) is 0.856. The molecule has 1 aromatic carbocycles. The van der Waals surface area contributed by atoms with E-state index in [1.807, 2.05) is 29.2 Å². The molecular formula is C19H22ClN3O. The molecule has 0 saturated carbocycles. The third-order valence-corrected chi connectivity index (χ3v) is 4.04. The maximum Gasteiger partial charge on any atom is 0.255 e. The van der Waals surface area contributed by atoms with Crippen molar-refractivity contribution in [1.82, 2.24) is 14.8 Å². The number of carbonyl (C=O) groups is 1. The number of aromatic nitrogens is 1. The molecule has 1 aliphatic rings. The van der Waals surface area contributed by atoms with Crippen LogP contribution < -0.4 is 0 Å². The Balaban J connectivity index is 0.00000208. The molecule has 1 saturated heterocycles. The van der Waals surface area contributed by atoms with Crippen LogP contribution in [0, 0.1) is 0 Å². The first-order valence-electron chi connectivity index (χ1n) is 7.96. The zero-order valence-corrected chi connectivity index (χ0v) is 14.4. The van der Waals surface area contributed by atoms with E-state index in [1.165, 1.54) is 5.56 Å². The fourth-order valence-electron chi connectivity index (χ4n) is 2.71. The van der Waals surface area contributed by atoms with Crippen molar-refractivity contribution < 1.29 is 4.79 Å². The van der Waals surface area contributed by atoms with Gasteiger partial charge in [-0.25, -0.2) is 0 Å². The lowest BCUT2D eigenvalue weighted by Gasteiger charge is -2.34. The summed E-state index contributed by atoms with van der Waals surface area (Å²) in [5.74, 6) is 0.0811. The van der Waals surface area contributed by atoms with E-state index in [0.717, 1.165) is 32.7 Å². The van der Waals surface area contributed by atoms with E-state index in [9.17, 15) is 4.79 Å². The van der Waals surface area contributed by atoms with Crippen molar-refractivity contribution in [1.29, 1.82) is 0 Å². The minimum absolute atomic E-state index is 0. The van der Waals surface area contributed by atoms with Gasteiger partial charge in [0.05, 0.1) is 5.56 Å². The lowest BCUT2D eigenvalue weighted by molar-refractivity contribution is 0.0650. The molecule has 1 aromatic heterocycles. The van der Waals surface area contributed by atoms with Crippen LogP contribution in [0.25, 0.3) is 6.08 Å². The highest BCUT2D eigenvalue weighted by Gasteiger charge is 2.21. The van der Waals surface area contributed by atoms with Crippen LogP contribution in [0.15, 0.2) is 60.9 Å². The molecular weight excluding hydrogens is 322 g/mol. The van der Waals surface area contributed by atoms with Crippen molar-refractivity contribution in [2.75, 3.05) is 32.7 Å². The standard InChI is InChI=1S/C19H21N3O.ClH/c23-19(18-9-4-10-20-16-18)22-14-12-21(13-15-22)11-5-8-17-6-2-1-3-7-17;/h1-10,16H,11-15H2;1H/b8-5+;. The molecule has 5 heteroatoms. The molecule has 1 amide bonds. The predicted molar refractivity (Wildman–Crippen MR) is 99.3 cm³/mol. The molecule has 24 heavy (non-hydrogen) atoms. The van der Waals surface area contributed by atoms with Gasteiger partial charge < -0.3 is 4.90 Å². The van der Waals surface area contributed by atoms with Gasteiger partial charge in [-0.3, -0.25) is 14.7 Å².